The molecule has 0 aromatic heterocycles. The lowest BCUT2D eigenvalue weighted by molar-refractivity contribution is 0.0643. The van der Waals surface area contributed by atoms with Gasteiger partial charge in [0.1, 0.15) is 0 Å². The molecular formula is C20H31N3O. The minimum absolute atomic E-state index is 0.187. The van der Waals surface area contributed by atoms with Crippen molar-refractivity contribution in [2.24, 2.45) is 0 Å². The van der Waals surface area contributed by atoms with Crippen molar-refractivity contribution in [3.63, 3.8) is 0 Å². The first-order chi connectivity index (χ1) is 11.8. The van der Waals surface area contributed by atoms with E-state index in [0.717, 1.165) is 44.8 Å². The average Bonchev–Trinajstić information content (AvgIpc) is 2.90. The second-order valence-electron chi connectivity index (χ2n) is 7.11. The first kappa shape index (κ1) is 17.4. The molecular weight excluding hydrogens is 298 g/mol. The maximum absolute atomic E-state index is 12.6. The molecule has 2 heterocycles. The van der Waals surface area contributed by atoms with Gasteiger partial charge in [-0.2, -0.15) is 0 Å². The van der Waals surface area contributed by atoms with Gasteiger partial charge in [0, 0.05) is 38.3 Å². The second kappa shape index (κ2) is 8.63. The number of hydrogen-bond donors (Lipinski definition) is 0. The molecule has 0 radical (unpaired) electrons. The van der Waals surface area contributed by atoms with E-state index in [-0.39, 0.29) is 5.91 Å². The first-order valence-electron chi connectivity index (χ1n) is 9.59. The van der Waals surface area contributed by atoms with Crippen molar-refractivity contribution in [1.82, 2.24) is 14.7 Å². The number of benzene rings is 1. The van der Waals surface area contributed by atoms with Crippen molar-refractivity contribution >= 4 is 5.91 Å². The van der Waals surface area contributed by atoms with Crippen LogP contribution in [0.25, 0.3) is 0 Å². The summed E-state index contributed by atoms with van der Waals surface area (Å²) in [6, 6.07) is 8.31. The third-order valence-electron chi connectivity index (χ3n) is 5.41. The Hall–Kier alpha value is -1.39. The highest BCUT2D eigenvalue weighted by Crippen LogP contribution is 2.15. The molecule has 132 valence electrons. The molecule has 0 N–H and O–H groups in total. The number of carbonyl (C=O) groups excluding carboxylic acids is 1. The van der Waals surface area contributed by atoms with Gasteiger partial charge in [0.05, 0.1) is 0 Å². The van der Waals surface area contributed by atoms with Gasteiger partial charge in [-0.25, -0.2) is 0 Å². The van der Waals surface area contributed by atoms with Gasteiger partial charge in [0.15, 0.2) is 0 Å². The monoisotopic (exact) mass is 329 g/mol. The van der Waals surface area contributed by atoms with E-state index >= 15 is 0 Å². The Kier molecular flexibility index (Phi) is 6.27. The van der Waals surface area contributed by atoms with Crippen molar-refractivity contribution in [2.45, 2.75) is 39.2 Å². The molecule has 3 rings (SSSR count). The van der Waals surface area contributed by atoms with Crippen LogP contribution in [0.4, 0.5) is 0 Å². The van der Waals surface area contributed by atoms with Crippen molar-refractivity contribution in [1.29, 1.82) is 0 Å². The van der Waals surface area contributed by atoms with Crippen LogP contribution < -0.4 is 0 Å². The lowest BCUT2D eigenvalue weighted by atomic mass is 10.1. The van der Waals surface area contributed by atoms with Crippen molar-refractivity contribution in [2.75, 3.05) is 45.8 Å². The van der Waals surface area contributed by atoms with E-state index < -0.39 is 0 Å². The van der Waals surface area contributed by atoms with Crippen LogP contribution in [0.1, 0.15) is 48.5 Å². The van der Waals surface area contributed by atoms with Gasteiger partial charge in [-0.1, -0.05) is 31.9 Å². The van der Waals surface area contributed by atoms with E-state index in [0.29, 0.717) is 0 Å². The van der Waals surface area contributed by atoms with E-state index in [9.17, 15) is 4.79 Å². The van der Waals surface area contributed by atoms with E-state index in [1.54, 1.807) is 0 Å². The summed E-state index contributed by atoms with van der Waals surface area (Å²) in [5.74, 6) is 0.187. The number of piperazine rings is 1. The van der Waals surface area contributed by atoms with Gasteiger partial charge in [-0.05, 0) is 50.2 Å². The predicted molar refractivity (Wildman–Crippen MR) is 98.2 cm³/mol. The van der Waals surface area contributed by atoms with Crippen LogP contribution in [0.3, 0.4) is 0 Å². The molecule has 2 aliphatic rings. The lowest BCUT2D eigenvalue weighted by Crippen LogP contribution is -2.48. The van der Waals surface area contributed by atoms with Gasteiger partial charge in [0.2, 0.25) is 0 Å². The fourth-order valence-corrected chi connectivity index (χ4v) is 3.75. The number of likely N-dealkylation sites (tertiary alicyclic amines) is 1. The highest BCUT2D eigenvalue weighted by molar-refractivity contribution is 5.94. The van der Waals surface area contributed by atoms with Crippen molar-refractivity contribution < 1.29 is 4.79 Å². The third kappa shape index (κ3) is 4.58. The standard InChI is InChI=1S/C20H31N3O/c1-2-21-13-15-23(16-14-21)20(24)19-9-7-18(8-10-19)17-22-11-5-3-4-6-12-22/h7-10H,2-6,11-17H2,1H3. The van der Waals surface area contributed by atoms with Crippen LogP contribution in [-0.2, 0) is 6.54 Å². The Morgan fingerprint density at radius 2 is 1.46 bits per heavy atom. The topological polar surface area (TPSA) is 26.8 Å². The average molecular weight is 329 g/mol. The number of amides is 1. The molecule has 2 fully saturated rings. The molecule has 2 aliphatic heterocycles. The van der Waals surface area contributed by atoms with Gasteiger partial charge in [-0.15, -0.1) is 0 Å². The Labute approximate surface area is 146 Å². The Balaban J connectivity index is 1.54. The van der Waals surface area contributed by atoms with Gasteiger partial charge >= 0.3 is 0 Å². The fourth-order valence-electron chi connectivity index (χ4n) is 3.75. The summed E-state index contributed by atoms with van der Waals surface area (Å²) in [5.41, 5.74) is 2.16. The van der Waals surface area contributed by atoms with Crippen molar-refractivity contribution in [3.05, 3.63) is 35.4 Å². The summed E-state index contributed by atoms with van der Waals surface area (Å²) in [5, 5.41) is 0. The van der Waals surface area contributed by atoms with Gasteiger partial charge in [0.25, 0.3) is 5.91 Å². The lowest BCUT2D eigenvalue weighted by Gasteiger charge is -2.34. The number of rotatable bonds is 4. The highest BCUT2D eigenvalue weighted by atomic mass is 16.2. The van der Waals surface area contributed by atoms with E-state index in [1.165, 1.54) is 44.3 Å². The zero-order chi connectivity index (χ0) is 16.8. The molecule has 4 heteroatoms. The van der Waals surface area contributed by atoms with Gasteiger partial charge < -0.3 is 9.80 Å². The van der Waals surface area contributed by atoms with Crippen LogP contribution in [0.5, 0.6) is 0 Å². The highest BCUT2D eigenvalue weighted by Gasteiger charge is 2.21. The fraction of sp³-hybridized carbons (Fsp3) is 0.650. The molecule has 0 aliphatic carbocycles. The number of likely N-dealkylation sites (N-methyl/N-ethyl adjacent to an activating group) is 1. The minimum Gasteiger partial charge on any atom is -0.336 e. The molecule has 0 unspecified atom stereocenters. The van der Waals surface area contributed by atoms with E-state index in [1.807, 2.05) is 17.0 Å². The van der Waals surface area contributed by atoms with Gasteiger partial charge in [-0.3, -0.25) is 9.69 Å². The molecule has 0 saturated carbocycles. The number of hydrogen-bond acceptors (Lipinski definition) is 3. The molecule has 4 nitrogen and oxygen atoms in total. The maximum atomic E-state index is 12.6. The van der Waals surface area contributed by atoms with Crippen LogP contribution in [-0.4, -0.2) is 66.4 Å². The molecule has 2 saturated heterocycles. The summed E-state index contributed by atoms with van der Waals surface area (Å²) in [6.07, 6.45) is 5.38. The normalized spacial score (nSPS) is 20.8. The quantitative estimate of drug-likeness (QED) is 0.850. The van der Waals surface area contributed by atoms with Crippen LogP contribution >= 0.6 is 0 Å². The molecule has 0 atom stereocenters. The molecule has 1 amide bonds. The summed E-state index contributed by atoms with van der Waals surface area (Å²) >= 11 is 0. The summed E-state index contributed by atoms with van der Waals surface area (Å²) in [4.78, 5) is 19.6. The van der Waals surface area contributed by atoms with E-state index in [2.05, 4.69) is 28.9 Å². The molecule has 1 aromatic rings. The zero-order valence-electron chi connectivity index (χ0n) is 15.0. The summed E-state index contributed by atoms with van der Waals surface area (Å²) < 4.78 is 0. The SMILES string of the molecule is CCN1CCN(C(=O)c2ccc(CN3CCCCCC3)cc2)CC1. The third-order valence-corrected chi connectivity index (χ3v) is 5.41. The van der Waals surface area contributed by atoms with Crippen molar-refractivity contribution in [3.8, 4) is 0 Å². The molecule has 0 spiro atoms. The predicted octanol–water partition coefficient (Wildman–Crippen LogP) is 2.84. The Morgan fingerprint density at radius 1 is 0.833 bits per heavy atom. The Bertz CT molecular complexity index is 512. The Morgan fingerprint density at radius 3 is 2.04 bits per heavy atom. The van der Waals surface area contributed by atoms with E-state index in [4.69, 9.17) is 0 Å². The number of carbonyl (C=O) groups is 1. The smallest absolute Gasteiger partial charge is 0.253 e. The zero-order valence-corrected chi connectivity index (χ0v) is 15.0. The summed E-state index contributed by atoms with van der Waals surface area (Å²) in [6.45, 7) is 10.4. The maximum Gasteiger partial charge on any atom is 0.253 e. The molecule has 24 heavy (non-hydrogen) atoms. The largest absolute Gasteiger partial charge is 0.336 e. The van der Waals surface area contributed by atoms with Crippen LogP contribution in [0.15, 0.2) is 24.3 Å². The van der Waals surface area contributed by atoms with Crippen LogP contribution in [0.2, 0.25) is 0 Å². The number of nitrogens with zero attached hydrogens (tertiary/aromatic N) is 3. The summed E-state index contributed by atoms with van der Waals surface area (Å²) in [7, 11) is 0. The molecule has 0 bridgehead atoms. The second-order valence-corrected chi connectivity index (χ2v) is 7.11. The van der Waals surface area contributed by atoms with Crippen LogP contribution in [0, 0.1) is 0 Å². The first-order valence-corrected chi connectivity index (χ1v) is 9.59. The molecule has 1 aromatic carbocycles. The minimum atomic E-state index is 0.187.